The highest BCUT2D eigenvalue weighted by Crippen LogP contribution is 2.25. The largest absolute Gasteiger partial charge is 0.350 e. The van der Waals surface area contributed by atoms with Gasteiger partial charge in [-0.15, -0.1) is 0 Å². The molecule has 3 rings (SSSR count). The molecule has 0 saturated carbocycles. The molecule has 3 amide bonds. The third-order valence-electron chi connectivity index (χ3n) is 4.50. The van der Waals surface area contributed by atoms with Gasteiger partial charge >= 0.3 is 6.03 Å². The van der Waals surface area contributed by atoms with Crippen molar-refractivity contribution in [1.29, 1.82) is 0 Å². The van der Waals surface area contributed by atoms with Crippen molar-refractivity contribution in [3.63, 3.8) is 0 Å². The average Bonchev–Trinajstić information content (AvgIpc) is 2.79. The normalized spacial score (nSPS) is 10.4. The summed E-state index contributed by atoms with van der Waals surface area (Å²) >= 11 is 11.6. The Morgan fingerprint density at radius 2 is 1.67 bits per heavy atom. The molecule has 0 radical (unpaired) electrons. The van der Waals surface area contributed by atoms with Gasteiger partial charge in [-0.1, -0.05) is 23.2 Å². The van der Waals surface area contributed by atoms with Crippen molar-refractivity contribution in [2.75, 3.05) is 23.3 Å². The Kier molecular flexibility index (Phi) is 7.81. The van der Waals surface area contributed by atoms with Crippen LogP contribution in [0.15, 0.2) is 66.7 Å². The Hall–Kier alpha value is -3.69. The monoisotopic (exact) mass is 490 g/mol. The molecule has 3 aromatic carbocycles. The number of hydrogen-bond acceptors (Lipinski definition) is 4. The van der Waals surface area contributed by atoms with E-state index in [-0.39, 0.29) is 29.4 Å². The zero-order valence-electron chi connectivity index (χ0n) is 16.9. The van der Waals surface area contributed by atoms with E-state index in [2.05, 4.69) is 10.6 Å². The second-order valence-electron chi connectivity index (χ2n) is 6.74. The molecule has 3 aromatic rings. The smallest absolute Gasteiger partial charge is 0.326 e. The summed E-state index contributed by atoms with van der Waals surface area (Å²) in [5.41, 5.74) is 0.554. The number of amides is 3. The SMILES string of the molecule is O=C(NCCN(C(=O)Nc1ccc(Cl)cc1)c1ccc(F)cc1)c1ccc(Cl)c([N+](=O)[O-])c1. The zero-order chi connectivity index (χ0) is 24.0. The van der Waals surface area contributed by atoms with E-state index in [1.54, 1.807) is 24.3 Å². The van der Waals surface area contributed by atoms with E-state index in [0.29, 0.717) is 16.4 Å². The van der Waals surface area contributed by atoms with Gasteiger partial charge in [-0.05, 0) is 60.7 Å². The third kappa shape index (κ3) is 6.41. The van der Waals surface area contributed by atoms with Crippen molar-refractivity contribution < 1.29 is 18.9 Å². The van der Waals surface area contributed by atoms with Crippen LogP contribution in [0.1, 0.15) is 10.4 Å². The fraction of sp³-hybridized carbons (Fsp3) is 0.0909. The summed E-state index contributed by atoms with van der Waals surface area (Å²) < 4.78 is 13.4. The standard InChI is InChI=1S/C22H17Cl2FN4O4/c23-15-2-6-17(7-3-15)27-22(31)28(18-8-4-16(25)5-9-18)12-11-26-21(30)14-1-10-19(24)20(13-14)29(32)33/h1-10,13H,11-12H2,(H,26,30)(H,27,31). The summed E-state index contributed by atoms with van der Waals surface area (Å²) in [4.78, 5) is 37.0. The fourth-order valence-corrected chi connectivity index (χ4v) is 3.18. The first-order chi connectivity index (χ1) is 15.7. The van der Waals surface area contributed by atoms with Gasteiger partial charge in [0.05, 0.1) is 4.92 Å². The molecular weight excluding hydrogens is 474 g/mol. The number of nitro benzene ring substituents is 1. The topological polar surface area (TPSA) is 105 Å². The summed E-state index contributed by atoms with van der Waals surface area (Å²) in [6.45, 7) is 0.0488. The number of halogens is 3. The number of carbonyl (C=O) groups is 2. The van der Waals surface area contributed by atoms with Gasteiger partial charge in [0.25, 0.3) is 11.6 Å². The second-order valence-corrected chi connectivity index (χ2v) is 7.59. The van der Waals surface area contributed by atoms with Crippen LogP contribution in [0.2, 0.25) is 10.0 Å². The van der Waals surface area contributed by atoms with Gasteiger partial charge in [0.15, 0.2) is 0 Å². The number of urea groups is 1. The Morgan fingerprint density at radius 3 is 2.30 bits per heavy atom. The maximum absolute atomic E-state index is 13.4. The highest BCUT2D eigenvalue weighted by Gasteiger charge is 2.19. The lowest BCUT2D eigenvalue weighted by molar-refractivity contribution is -0.384. The molecular formula is C22H17Cl2FN4O4. The summed E-state index contributed by atoms with van der Waals surface area (Å²) in [5, 5.41) is 16.8. The summed E-state index contributed by atoms with van der Waals surface area (Å²) in [6.07, 6.45) is 0. The Bertz CT molecular complexity index is 1170. The van der Waals surface area contributed by atoms with E-state index in [1.165, 1.54) is 41.3 Å². The molecule has 170 valence electrons. The maximum atomic E-state index is 13.4. The Balaban J connectivity index is 1.71. The molecule has 0 aromatic heterocycles. The predicted molar refractivity (Wildman–Crippen MR) is 125 cm³/mol. The number of rotatable bonds is 7. The molecule has 2 N–H and O–H groups in total. The lowest BCUT2D eigenvalue weighted by atomic mass is 10.2. The molecule has 11 heteroatoms. The number of nitrogens with one attached hydrogen (secondary N) is 2. The zero-order valence-corrected chi connectivity index (χ0v) is 18.4. The Morgan fingerprint density at radius 1 is 1.00 bits per heavy atom. The Labute approximate surface area is 198 Å². The molecule has 0 atom stereocenters. The molecule has 0 spiro atoms. The highest BCUT2D eigenvalue weighted by atomic mass is 35.5. The van der Waals surface area contributed by atoms with Gasteiger partial charge in [-0.3, -0.25) is 19.8 Å². The average molecular weight is 491 g/mol. The van der Waals surface area contributed by atoms with Gasteiger partial charge in [0, 0.05) is 41.1 Å². The minimum absolute atomic E-state index is 0.0146. The lowest BCUT2D eigenvalue weighted by Gasteiger charge is -2.23. The van der Waals surface area contributed by atoms with E-state index < -0.39 is 22.7 Å². The predicted octanol–water partition coefficient (Wildman–Crippen LogP) is 5.51. The van der Waals surface area contributed by atoms with Crippen LogP contribution < -0.4 is 15.5 Å². The first kappa shape index (κ1) is 24.0. The summed E-state index contributed by atoms with van der Waals surface area (Å²) in [6, 6.07) is 14.9. The van der Waals surface area contributed by atoms with Crippen LogP contribution in [-0.4, -0.2) is 30.0 Å². The van der Waals surface area contributed by atoms with Crippen LogP contribution in [0.3, 0.4) is 0 Å². The van der Waals surface area contributed by atoms with Crippen molar-refractivity contribution in [2.24, 2.45) is 0 Å². The number of carbonyl (C=O) groups excluding carboxylic acids is 2. The van der Waals surface area contributed by atoms with Crippen molar-refractivity contribution >= 4 is 52.2 Å². The molecule has 8 nitrogen and oxygen atoms in total. The van der Waals surface area contributed by atoms with Crippen LogP contribution in [0.25, 0.3) is 0 Å². The molecule has 0 aliphatic rings. The van der Waals surface area contributed by atoms with E-state index in [0.717, 1.165) is 6.07 Å². The quantitative estimate of drug-likeness (QED) is 0.336. The van der Waals surface area contributed by atoms with Gasteiger partial charge < -0.3 is 10.6 Å². The minimum atomic E-state index is -0.684. The number of hydrogen-bond donors (Lipinski definition) is 2. The van der Waals surface area contributed by atoms with Crippen molar-refractivity contribution in [3.8, 4) is 0 Å². The van der Waals surface area contributed by atoms with E-state index in [4.69, 9.17) is 23.2 Å². The van der Waals surface area contributed by atoms with Crippen LogP contribution in [0, 0.1) is 15.9 Å². The van der Waals surface area contributed by atoms with Gasteiger partial charge in [0.1, 0.15) is 10.8 Å². The molecule has 33 heavy (non-hydrogen) atoms. The number of nitro groups is 1. The van der Waals surface area contributed by atoms with E-state index in [9.17, 15) is 24.1 Å². The number of anilines is 2. The first-order valence-corrected chi connectivity index (χ1v) is 10.3. The van der Waals surface area contributed by atoms with Gasteiger partial charge in [-0.25, -0.2) is 9.18 Å². The molecule has 0 saturated heterocycles. The van der Waals surface area contributed by atoms with Crippen LogP contribution in [-0.2, 0) is 0 Å². The van der Waals surface area contributed by atoms with Crippen LogP contribution in [0.4, 0.5) is 26.2 Å². The van der Waals surface area contributed by atoms with E-state index in [1.807, 2.05) is 0 Å². The first-order valence-electron chi connectivity index (χ1n) is 9.56. The van der Waals surface area contributed by atoms with Gasteiger partial charge in [0.2, 0.25) is 0 Å². The van der Waals surface area contributed by atoms with Crippen molar-refractivity contribution in [1.82, 2.24) is 5.32 Å². The summed E-state index contributed by atoms with van der Waals surface area (Å²) in [5.74, 6) is -1.04. The van der Waals surface area contributed by atoms with Gasteiger partial charge in [-0.2, -0.15) is 0 Å². The molecule has 0 fully saturated rings. The molecule has 0 unspecified atom stereocenters. The van der Waals surface area contributed by atoms with Crippen LogP contribution in [0.5, 0.6) is 0 Å². The second kappa shape index (κ2) is 10.8. The number of benzene rings is 3. The lowest BCUT2D eigenvalue weighted by Crippen LogP contribution is -2.41. The van der Waals surface area contributed by atoms with Crippen molar-refractivity contribution in [2.45, 2.75) is 0 Å². The van der Waals surface area contributed by atoms with E-state index >= 15 is 0 Å². The molecule has 0 aliphatic carbocycles. The number of nitrogens with zero attached hydrogens (tertiary/aromatic N) is 2. The summed E-state index contributed by atoms with van der Waals surface area (Å²) in [7, 11) is 0. The van der Waals surface area contributed by atoms with Crippen molar-refractivity contribution in [3.05, 3.63) is 98.3 Å². The van der Waals surface area contributed by atoms with Crippen LogP contribution >= 0.6 is 23.2 Å². The minimum Gasteiger partial charge on any atom is -0.350 e. The maximum Gasteiger partial charge on any atom is 0.326 e. The third-order valence-corrected chi connectivity index (χ3v) is 5.08. The molecule has 0 bridgehead atoms. The molecule has 0 heterocycles. The molecule has 0 aliphatic heterocycles. The fourth-order valence-electron chi connectivity index (χ4n) is 2.87. The highest BCUT2D eigenvalue weighted by molar-refractivity contribution is 6.32.